The molecule has 0 aromatic heterocycles. The first kappa shape index (κ1) is 15.5. The van der Waals surface area contributed by atoms with E-state index in [0.29, 0.717) is 0 Å². The molecule has 3 nitrogen and oxygen atoms in total. The molecule has 0 saturated heterocycles. The lowest BCUT2D eigenvalue weighted by molar-refractivity contribution is -0.113. The van der Waals surface area contributed by atoms with Crippen molar-refractivity contribution in [2.75, 3.05) is 11.1 Å². The largest absolute Gasteiger partial charge is 0.392 e. The Labute approximate surface area is 125 Å². The number of halogens is 2. The highest BCUT2D eigenvalue weighted by atomic mass is 32.2. The second-order valence-electron chi connectivity index (χ2n) is 4.26. The molecule has 0 saturated carbocycles. The normalized spacial score (nSPS) is 10.4. The van der Waals surface area contributed by atoms with Crippen molar-refractivity contribution in [3.63, 3.8) is 0 Å². The number of anilines is 1. The number of thioether (sulfide) groups is 1. The molecule has 2 aromatic carbocycles. The Bertz CT molecular complexity index is 632. The molecular formula is C15H13F2NO2S. The Hall–Kier alpha value is -1.92. The number of benzene rings is 2. The first-order valence-corrected chi connectivity index (χ1v) is 7.14. The van der Waals surface area contributed by atoms with Crippen LogP contribution in [0.4, 0.5) is 14.5 Å². The molecule has 6 heteroatoms. The van der Waals surface area contributed by atoms with Crippen LogP contribution in [0.2, 0.25) is 0 Å². The van der Waals surface area contributed by atoms with E-state index in [2.05, 4.69) is 5.32 Å². The number of aliphatic hydroxyl groups is 1. The molecule has 21 heavy (non-hydrogen) atoms. The van der Waals surface area contributed by atoms with Crippen LogP contribution in [0.15, 0.2) is 47.4 Å². The summed E-state index contributed by atoms with van der Waals surface area (Å²) in [6.07, 6.45) is 0. The van der Waals surface area contributed by atoms with E-state index in [4.69, 9.17) is 5.11 Å². The third-order valence-electron chi connectivity index (χ3n) is 2.68. The van der Waals surface area contributed by atoms with E-state index in [-0.39, 0.29) is 24.0 Å². The monoisotopic (exact) mass is 309 g/mol. The number of hydrogen-bond donors (Lipinski definition) is 2. The molecule has 110 valence electrons. The fourth-order valence-corrected chi connectivity index (χ4v) is 2.32. The van der Waals surface area contributed by atoms with Crippen LogP contribution in [-0.4, -0.2) is 16.8 Å². The summed E-state index contributed by atoms with van der Waals surface area (Å²) in [4.78, 5) is 12.6. The van der Waals surface area contributed by atoms with Crippen LogP contribution in [-0.2, 0) is 11.4 Å². The van der Waals surface area contributed by atoms with Crippen LogP contribution in [0.25, 0.3) is 0 Å². The van der Waals surface area contributed by atoms with Crippen LogP contribution in [0.1, 0.15) is 5.56 Å². The Kier molecular flexibility index (Phi) is 5.30. The van der Waals surface area contributed by atoms with E-state index in [0.717, 1.165) is 22.6 Å². The molecular weight excluding hydrogens is 296 g/mol. The van der Waals surface area contributed by atoms with E-state index in [1.165, 1.54) is 17.8 Å². The summed E-state index contributed by atoms with van der Waals surface area (Å²) in [7, 11) is 0. The zero-order valence-electron chi connectivity index (χ0n) is 11.0. The number of hydrogen-bond acceptors (Lipinski definition) is 3. The zero-order chi connectivity index (χ0) is 15.2. The number of amides is 1. The minimum Gasteiger partial charge on any atom is -0.392 e. The maximum Gasteiger partial charge on any atom is 0.234 e. The van der Waals surface area contributed by atoms with Crippen molar-refractivity contribution in [2.45, 2.75) is 11.5 Å². The molecule has 2 N–H and O–H groups in total. The average Bonchev–Trinajstić information content (AvgIpc) is 2.48. The topological polar surface area (TPSA) is 49.3 Å². The summed E-state index contributed by atoms with van der Waals surface area (Å²) >= 11 is 1.29. The van der Waals surface area contributed by atoms with Crippen molar-refractivity contribution in [1.82, 2.24) is 0 Å². The number of rotatable bonds is 5. The quantitative estimate of drug-likeness (QED) is 0.834. The van der Waals surface area contributed by atoms with Gasteiger partial charge in [0.1, 0.15) is 11.6 Å². The molecule has 2 aromatic rings. The molecule has 0 unspecified atom stereocenters. The lowest BCUT2D eigenvalue weighted by atomic mass is 10.2. The van der Waals surface area contributed by atoms with Crippen LogP contribution in [0.5, 0.6) is 0 Å². The van der Waals surface area contributed by atoms with E-state index in [1.54, 1.807) is 24.3 Å². The minimum absolute atomic E-state index is 0.0325. The van der Waals surface area contributed by atoms with Gasteiger partial charge in [-0.25, -0.2) is 8.78 Å². The molecule has 0 aliphatic heterocycles. The van der Waals surface area contributed by atoms with Gasteiger partial charge in [-0.15, -0.1) is 11.8 Å². The molecule has 0 aliphatic carbocycles. The van der Waals surface area contributed by atoms with Gasteiger partial charge >= 0.3 is 0 Å². The van der Waals surface area contributed by atoms with Crippen molar-refractivity contribution in [3.8, 4) is 0 Å². The maximum atomic E-state index is 13.4. The number of aliphatic hydroxyl groups excluding tert-OH is 1. The van der Waals surface area contributed by atoms with Crippen LogP contribution < -0.4 is 5.32 Å². The molecule has 2 rings (SSSR count). The predicted molar refractivity (Wildman–Crippen MR) is 78.1 cm³/mol. The summed E-state index contributed by atoms with van der Waals surface area (Å²) in [5.74, 6) is -1.77. The van der Waals surface area contributed by atoms with E-state index >= 15 is 0 Å². The van der Waals surface area contributed by atoms with Gasteiger partial charge in [-0.1, -0.05) is 12.1 Å². The van der Waals surface area contributed by atoms with E-state index < -0.39 is 11.6 Å². The molecule has 0 bridgehead atoms. The van der Waals surface area contributed by atoms with Gasteiger partial charge in [-0.05, 0) is 29.8 Å². The van der Waals surface area contributed by atoms with Gasteiger partial charge in [-0.2, -0.15) is 0 Å². The average molecular weight is 309 g/mol. The summed E-state index contributed by atoms with van der Waals surface area (Å²) in [6.45, 7) is -0.0325. The molecule has 1 amide bonds. The van der Waals surface area contributed by atoms with Gasteiger partial charge in [0.15, 0.2) is 0 Å². The van der Waals surface area contributed by atoms with Crippen molar-refractivity contribution < 1.29 is 18.7 Å². The highest BCUT2D eigenvalue weighted by Crippen LogP contribution is 2.20. The molecule has 0 atom stereocenters. The van der Waals surface area contributed by atoms with Crippen LogP contribution >= 0.6 is 11.8 Å². The number of nitrogens with one attached hydrogen (secondary N) is 1. The van der Waals surface area contributed by atoms with Gasteiger partial charge in [0, 0.05) is 11.0 Å². The Morgan fingerprint density at radius 2 is 1.86 bits per heavy atom. The summed E-state index contributed by atoms with van der Waals surface area (Å²) < 4.78 is 26.1. The second-order valence-corrected chi connectivity index (χ2v) is 5.31. The highest BCUT2D eigenvalue weighted by molar-refractivity contribution is 8.00. The van der Waals surface area contributed by atoms with Crippen LogP contribution in [0, 0.1) is 11.6 Å². The third-order valence-corrected chi connectivity index (χ3v) is 3.69. The smallest absolute Gasteiger partial charge is 0.234 e. The fourth-order valence-electron chi connectivity index (χ4n) is 1.62. The molecule has 0 aliphatic rings. The van der Waals surface area contributed by atoms with Crippen molar-refractivity contribution >= 4 is 23.4 Å². The highest BCUT2D eigenvalue weighted by Gasteiger charge is 2.08. The minimum atomic E-state index is -0.805. The number of carbonyl (C=O) groups is 1. The van der Waals surface area contributed by atoms with Crippen molar-refractivity contribution in [2.24, 2.45) is 0 Å². The number of carbonyl (C=O) groups excluding carboxylic acids is 1. The Morgan fingerprint density at radius 1 is 1.14 bits per heavy atom. The second kappa shape index (κ2) is 7.19. The molecule has 0 fully saturated rings. The summed E-state index contributed by atoms with van der Waals surface area (Å²) in [5.41, 5.74) is 0.745. The van der Waals surface area contributed by atoms with E-state index in [9.17, 15) is 13.6 Å². The van der Waals surface area contributed by atoms with Gasteiger partial charge in [0.05, 0.1) is 18.0 Å². The first-order valence-electron chi connectivity index (χ1n) is 6.16. The predicted octanol–water partition coefficient (Wildman–Crippen LogP) is 3.19. The summed E-state index contributed by atoms with van der Waals surface area (Å²) in [6, 6.07) is 10.1. The first-order chi connectivity index (χ1) is 10.1. The summed E-state index contributed by atoms with van der Waals surface area (Å²) in [5, 5.41) is 11.3. The SMILES string of the molecule is O=C(CSc1ccc(CO)cc1)Nc1ccc(F)cc1F. The van der Waals surface area contributed by atoms with Crippen molar-refractivity contribution in [1.29, 1.82) is 0 Å². The molecule has 0 heterocycles. The maximum absolute atomic E-state index is 13.4. The van der Waals surface area contributed by atoms with Gasteiger partial charge < -0.3 is 10.4 Å². The molecule has 0 radical (unpaired) electrons. The van der Waals surface area contributed by atoms with E-state index in [1.807, 2.05) is 0 Å². The van der Waals surface area contributed by atoms with Crippen LogP contribution in [0.3, 0.4) is 0 Å². The molecule has 0 spiro atoms. The van der Waals surface area contributed by atoms with Gasteiger partial charge in [0.2, 0.25) is 5.91 Å². The van der Waals surface area contributed by atoms with Gasteiger partial charge in [0.25, 0.3) is 0 Å². The lowest BCUT2D eigenvalue weighted by Crippen LogP contribution is -2.15. The lowest BCUT2D eigenvalue weighted by Gasteiger charge is -2.06. The third kappa shape index (κ3) is 4.54. The van der Waals surface area contributed by atoms with Crippen molar-refractivity contribution in [3.05, 3.63) is 59.7 Å². The Balaban J connectivity index is 1.89. The fraction of sp³-hybridized carbons (Fsp3) is 0.133. The van der Waals surface area contributed by atoms with Gasteiger partial charge in [-0.3, -0.25) is 4.79 Å². The zero-order valence-corrected chi connectivity index (χ0v) is 11.8. The Morgan fingerprint density at radius 3 is 2.48 bits per heavy atom. The standard InChI is InChI=1S/C15H13F2NO2S/c16-11-3-6-14(13(17)7-11)18-15(20)9-21-12-4-1-10(8-19)2-5-12/h1-7,19H,8-9H2,(H,18,20).